The molecule has 0 radical (unpaired) electrons. The molecule has 0 spiro atoms. The van der Waals surface area contributed by atoms with Crippen molar-refractivity contribution in [2.45, 2.75) is 31.9 Å². The predicted octanol–water partition coefficient (Wildman–Crippen LogP) is 3.07. The Bertz CT molecular complexity index is 304. The van der Waals surface area contributed by atoms with Crippen LogP contribution in [0.2, 0.25) is 0 Å². The third kappa shape index (κ3) is 5.13. The van der Waals surface area contributed by atoms with Gasteiger partial charge in [-0.1, -0.05) is 0 Å². The Morgan fingerprint density at radius 1 is 1.25 bits per heavy atom. The quantitative estimate of drug-likeness (QED) is 0.705. The maximum absolute atomic E-state index is 12.6. The van der Waals surface area contributed by atoms with Gasteiger partial charge in [-0.15, -0.1) is 11.6 Å². The summed E-state index contributed by atoms with van der Waals surface area (Å²) in [4.78, 5) is 13.9. The molecule has 7 heteroatoms. The first-order valence-electron chi connectivity index (χ1n) is 6.80. The summed E-state index contributed by atoms with van der Waals surface area (Å²) in [6, 6.07) is 0. The van der Waals surface area contributed by atoms with Gasteiger partial charge in [0.2, 0.25) is 5.91 Å². The Morgan fingerprint density at radius 3 is 2.30 bits per heavy atom. The minimum absolute atomic E-state index is 0.0406. The van der Waals surface area contributed by atoms with Gasteiger partial charge in [0.25, 0.3) is 0 Å². The lowest BCUT2D eigenvalue weighted by Crippen LogP contribution is -2.41. The lowest BCUT2D eigenvalue weighted by molar-refractivity contribution is -0.185. The Hall–Kier alpha value is -0.490. The van der Waals surface area contributed by atoms with Crippen molar-refractivity contribution in [2.75, 3.05) is 32.7 Å². The van der Waals surface area contributed by atoms with Crippen molar-refractivity contribution in [3.8, 4) is 0 Å². The molecule has 0 heterocycles. The molecule has 1 aliphatic carbocycles. The SMILES string of the molecule is COCCN(CCCl)C(=O)C1CCC(C(F)(F)F)CC1. The molecule has 1 aliphatic rings. The highest BCUT2D eigenvalue weighted by atomic mass is 35.5. The number of hydrogen-bond acceptors (Lipinski definition) is 2. The molecule has 0 aromatic heterocycles. The zero-order chi connectivity index (χ0) is 15.2. The second-order valence-electron chi connectivity index (χ2n) is 5.10. The van der Waals surface area contributed by atoms with E-state index >= 15 is 0 Å². The Morgan fingerprint density at radius 2 is 1.85 bits per heavy atom. The number of alkyl halides is 4. The molecule has 0 saturated heterocycles. The summed E-state index contributed by atoms with van der Waals surface area (Å²) in [5.41, 5.74) is 0. The summed E-state index contributed by atoms with van der Waals surface area (Å²) in [6.07, 6.45) is -3.46. The molecule has 0 aromatic rings. The van der Waals surface area contributed by atoms with Gasteiger partial charge in [0.1, 0.15) is 0 Å². The van der Waals surface area contributed by atoms with Crippen molar-refractivity contribution in [1.82, 2.24) is 4.90 Å². The van der Waals surface area contributed by atoms with Crippen LogP contribution in [0.3, 0.4) is 0 Å². The number of nitrogens with zero attached hydrogens (tertiary/aromatic N) is 1. The predicted molar refractivity (Wildman–Crippen MR) is 70.7 cm³/mol. The number of ether oxygens (including phenoxy) is 1. The second-order valence-corrected chi connectivity index (χ2v) is 5.48. The van der Waals surface area contributed by atoms with Crippen LogP contribution < -0.4 is 0 Å². The monoisotopic (exact) mass is 315 g/mol. The largest absolute Gasteiger partial charge is 0.391 e. The van der Waals surface area contributed by atoms with Crippen LogP contribution in [0.25, 0.3) is 0 Å². The summed E-state index contributed by atoms with van der Waals surface area (Å²) in [5.74, 6) is -1.35. The summed E-state index contributed by atoms with van der Waals surface area (Å²) in [7, 11) is 1.54. The Kier molecular flexibility index (Phi) is 7.09. The number of methoxy groups -OCH3 is 1. The van der Waals surface area contributed by atoms with Crippen molar-refractivity contribution in [3.05, 3.63) is 0 Å². The summed E-state index contributed by atoms with van der Waals surface area (Å²) in [6.45, 7) is 1.24. The van der Waals surface area contributed by atoms with Crippen molar-refractivity contribution in [1.29, 1.82) is 0 Å². The highest BCUT2D eigenvalue weighted by molar-refractivity contribution is 6.18. The molecule has 1 fully saturated rings. The number of halogens is 4. The van der Waals surface area contributed by atoms with Crippen LogP contribution in [0.4, 0.5) is 13.2 Å². The summed E-state index contributed by atoms with van der Waals surface area (Å²) < 4.78 is 42.7. The normalized spacial score (nSPS) is 23.6. The van der Waals surface area contributed by atoms with E-state index in [1.165, 1.54) is 7.11 Å². The van der Waals surface area contributed by atoms with E-state index in [-0.39, 0.29) is 24.7 Å². The van der Waals surface area contributed by atoms with E-state index in [1.807, 2.05) is 0 Å². The van der Waals surface area contributed by atoms with Crippen LogP contribution in [-0.2, 0) is 9.53 Å². The number of hydrogen-bond donors (Lipinski definition) is 0. The van der Waals surface area contributed by atoms with Crippen LogP contribution in [0.1, 0.15) is 25.7 Å². The lowest BCUT2D eigenvalue weighted by Gasteiger charge is -2.32. The first-order chi connectivity index (χ1) is 9.40. The zero-order valence-electron chi connectivity index (χ0n) is 11.6. The van der Waals surface area contributed by atoms with E-state index in [0.717, 1.165) is 0 Å². The molecule has 3 nitrogen and oxygen atoms in total. The zero-order valence-corrected chi connectivity index (χ0v) is 12.3. The highest BCUT2D eigenvalue weighted by Gasteiger charge is 2.42. The van der Waals surface area contributed by atoms with Gasteiger partial charge in [0.15, 0.2) is 0 Å². The minimum atomic E-state index is -4.14. The molecule has 118 valence electrons. The van der Waals surface area contributed by atoms with Gasteiger partial charge >= 0.3 is 6.18 Å². The van der Waals surface area contributed by atoms with Gasteiger partial charge in [0, 0.05) is 32.0 Å². The van der Waals surface area contributed by atoms with E-state index in [9.17, 15) is 18.0 Å². The Labute approximate surface area is 122 Å². The number of amides is 1. The van der Waals surface area contributed by atoms with E-state index in [4.69, 9.17) is 16.3 Å². The maximum Gasteiger partial charge on any atom is 0.391 e. The number of rotatable bonds is 6. The van der Waals surface area contributed by atoms with Gasteiger partial charge in [0.05, 0.1) is 12.5 Å². The smallest absolute Gasteiger partial charge is 0.383 e. The molecule has 0 bridgehead atoms. The van der Waals surface area contributed by atoms with E-state index in [2.05, 4.69) is 0 Å². The van der Waals surface area contributed by atoms with Crippen molar-refractivity contribution < 1.29 is 22.7 Å². The van der Waals surface area contributed by atoms with Crippen LogP contribution >= 0.6 is 11.6 Å². The van der Waals surface area contributed by atoms with Gasteiger partial charge in [-0.05, 0) is 25.7 Å². The minimum Gasteiger partial charge on any atom is -0.383 e. The van der Waals surface area contributed by atoms with Crippen molar-refractivity contribution in [3.63, 3.8) is 0 Å². The summed E-state index contributed by atoms with van der Waals surface area (Å²) in [5, 5.41) is 0. The van der Waals surface area contributed by atoms with Crippen molar-refractivity contribution in [2.24, 2.45) is 11.8 Å². The van der Waals surface area contributed by atoms with E-state index in [0.29, 0.717) is 38.4 Å². The molecule has 0 aliphatic heterocycles. The molecule has 20 heavy (non-hydrogen) atoms. The standard InChI is InChI=1S/C13H21ClF3NO2/c1-20-9-8-18(7-6-14)12(19)10-2-4-11(5-3-10)13(15,16)17/h10-11H,2-9H2,1H3. The third-order valence-corrected chi connectivity index (χ3v) is 3.94. The first-order valence-corrected chi connectivity index (χ1v) is 7.34. The second kappa shape index (κ2) is 8.08. The molecule has 1 amide bonds. The fraction of sp³-hybridized carbons (Fsp3) is 0.923. The van der Waals surface area contributed by atoms with E-state index < -0.39 is 12.1 Å². The Balaban J connectivity index is 2.51. The van der Waals surface area contributed by atoms with E-state index in [1.54, 1.807) is 4.90 Å². The third-order valence-electron chi connectivity index (χ3n) is 3.77. The van der Waals surface area contributed by atoms with Gasteiger partial charge in [-0.3, -0.25) is 4.79 Å². The average molecular weight is 316 g/mol. The lowest BCUT2D eigenvalue weighted by atomic mass is 9.81. The van der Waals surface area contributed by atoms with Gasteiger partial charge in [-0.2, -0.15) is 13.2 Å². The van der Waals surface area contributed by atoms with Crippen LogP contribution in [-0.4, -0.2) is 49.7 Å². The molecular formula is C13H21ClF3NO2. The fourth-order valence-corrected chi connectivity index (χ4v) is 2.77. The van der Waals surface area contributed by atoms with Crippen molar-refractivity contribution >= 4 is 17.5 Å². The molecule has 1 rings (SSSR count). The molecule has 1 saturated carbocycles. The molecule has 0 N–H and O–H groups in total. The van der Waals surface area contributed by atoms with Crippen LogP contribution in [0.5, 0.6) is 0 Å². The number of carbonyl (C=O) groups is 1. The molecular weight excluding hydrogens is 295 g/mol. The van der Waals surface area contributed by atoms with Crippen LogP contribution in [0.15, 0.2) is 0 Å². The summed E-state index contributed by atoms with van der Waals surface area (Å²) >= 11 is 5.66. The topological polar surface area (TPSA) is 29.5 Å². The van der Waals surface area contributed by atoms with Crippen LogP contribution in [0, 0.1) is 11.8 Å². The first kappa shape index (κ1) is 17.6. The van der Waals surface area contributed by atoms with Gasteiger partial charge in [-0.25, -0.2) is 0 Å². The highest BCUT2D eigenvalue weighted by Crippen LogP contribution is 2.39. The fourth-order valence-electron chi connectivity index (χ4n) is 2.56. The van der Waals surface area contributed by atoms with Gasteiger partial charge < -0.3 is 9.64 Å². The maximum atomic E-state index is 12.6. The number of carbonyl (C=O) groups excluding carboxylic acids is 1. The molecule has 0 unspecified atom stereocenters. The molecule has 0 aromatic carbocycles. The molecule has 0 atom stereocenters. The average Bonchev–Trinajstić information content (AvgIpc) is 2.42.